The quantitative estimate of drug-likeness (QED) is 0.744. The van der Waals surface area contributed by atoms with Gasteiger partial charge in [-0.25, -0.2) is 9.97 Å². The van der Waals surface area contributed by atoms with E-state index in [9.17, 15) is 0 Å². The van der Waals surface area contributed by atoms with Crippen molar-refractivity contribution in [1.29, 1.82) is 0 Å². The molecule has 17 heavy (non-hydrogen) atoms. The van der Waals surface area contributed by atoms with E-state index in [0.717, 1.165) is 16.5 Å². The Hall–Kier alpha value is -1.88. The van der Waals surface area contributed by atoms with Gasteiger partial charge in [0.25, 0.3) is 0 Å². The summed E-state index contributed by atoms with van der Waals surface area (Å²) in [5.74, 6) is 0.921. The molecule has 4 nitrogen and oxygen atoms in total. The molecule has 3 aromatic rings. The lowest BCUT2D eigenvalue weighted by Gasteiger charge is -2.09. The number of H-pyrrole nitrogens is 1. The van der Waals surface area contributed by atoms with Crippen molar-refractivity contribution in [2.24, 2.45) is 0 Å². The van der Waals surface area contributed by atoms with Crippen molar-refractivity contribution in [1.82, 2.24) is 15.0 Å². The van der Waals surface area contributed by atoms with Crippen molar-refractivity contribution in [2.45, 2.75) is 13.0 Å². The summed E-state index contributed by atoms with van der Waals surface area (Å²) in [6, 6.07) is 8.26. The number of nitrogens with one attached hydrogen (secondary N) is 2. The molecule has 86 valence electrons. The number of imidazole rings is 1. The topological polar surface area (TPSA) is 53.6 Å². The van der Waals surface area contributed by atoms with Crippen LogP contribution < -0.4 is 5.32 Å². The van der Waals surface area contributed by atoms with E-state index in [-0.39, 0.29) is 6.04 Å². The molecule has 2 aromatic heterocycles. The van der Waals surface area contributed by atoms with E-state index in [4.69, 9.17) is 0 Å². The van der Waals surface area contributed by atoms with Crippen molar-refractivity contribution < 1.29 is 0 Å². The van der Waals surface area contributed by atoms with Crippen molar-refractivity contribution in [3.05, 3.63) is 42.5 Å². The lowest BCUT2D eigenvalue weighted by Crippen LogP contribution is -2.07. The van der Waals surface area contributed by atoms with Crippen molar-refractivity contribution in [3.63, 3.8) is 0 Å². The van der Waals surface area contributed by atoms with Gasteiger partial charge in [0.05, 0.1) is 16.3 Å². The Bertz CT molecular complexity index is 581. The Morgan fingerprint density at radius 3 is 3.00 bits per heavy atom. The zero-order chi connectivity index (χ0) is 11.7. The first kappa shape index (κ1) is 10.3. The van der Waals surface area contributed by atoms with Crippen LogP contribution in [0.5, 0.6) is 0 Å². The van der Waals surface area contributed by atoms with Crippen LogP contribution >= 0.6 is 11.3 Å². The average Bonchev–Trinajstić information content (AvgIpc) is 2.97. The number of nitrogens with zero attached hydrogens (tertiary/aromatic N) is 2. The van der Waals surface area contributed by atoms with Gasteiger partial charge < -0.3 is 10.3 Å². The summed E-state index contributed by atoms with van der Waals surface area (Å²) < 4.78 is 1.20. The molecule has 0 radical (unpaired) electrons. The fourth-order valence-corrected chi connectivity index (χ4v) is 2.65. The minimum atomic E-state index is 0.130. The van der Waals surface area contributed by atoms with E-state index in [1.165, 1.54) is 4.70 Å². The fraction of sp³-hybridized carbons (Fsp3) is 0.167. The average molecular weight is 244 g/mol. The molecule has 0 amide bonds. The fourth-order valence-electron chi connectivity index (χ4n) is 1.70. The Balaban J connectivity index is 1.85. The molecule has 0 aliphatic rings. The van der Waals surface area contributed by atoms with Crippen LogP contribution in [0.3, 0.4) is 0 Å². The molecular formula is C12H12N4S. The number of anilines is 1. The van der Waals surface area contributed by atoms with Gasteiger partial charge in [-0.3, -0.25) is 0 Å². The molecule has 0 fully saturated rings. The monoisotopic (exact) mass is 244 g/mol. The van der Waals surface area contributed by atoms with Crippen LogP contribution in [0.2, 0.25) is 0 Å². The molecule has 0 saturated heterocycles. The van der Waals surface area contributed by atoms with Crippen LogP contribution in [0, 0.1) is 0 Å². The summed E-state index contributed by atoms with van der Waals surface area (Å²) in [6.45, 7) is 2.06. The molecule has 2 heterocycles. The molecule has 1 aromatic carbocycles. The number of para-hydroxylation sites is 1. The van der Waals surface area contributed by atoms with Gasteiger partial charge in [0.1, 0.15) is 5.82 Å². The van der Waals surface area contributed by atoms with Crippen LogP contribution in [-0.4, -0.2) is 15.0 Å². The molecule has 0 bridgehead atoms. The second kappa shape index (κ2) is 4.18. The van der Waals surface area contributed by atoms with E-state index in [2.05, 4.69) is 33.3 Å². The summed E-state index contributed by atoms with van der Waals surface area (Å²) >= 11 is 1.66. The zero-order valence-electron chi connectivity index (χ0n) is 9.34. The molecule has 5 heteroatoms. The van der Waals surface area contributed by atoms with Gasteiger partial charge in [-0.05, 0) is 19.1 Å². The predicted octanol–water partition coefficient (Wildman–Crippen LogP) is 3.19. The van der Waals surface area contributed by atoms with E-state index in [1.807, 2.05) is 24.4 Å². The first-order valence-corrected chi connectivity index (χ1v) is 6.26. The molecule has 3 rings (SSSR count). The number of rotatable bonds is 3. The summed E-state index contributed by atoms with van der Waals surface area (Å²) in [5, 5.41) is 4.27. The van der Waals surface area contributed by atoms with E-state index in [1.54, 1.807) is 17.5 Å². The molecule has 0 aliphatic heterocycles. The third-order valence-corrected chi connectivity index (χ3v) is 3.53. The number of hydrogen-bond acceptors (Lipinski definition) is 4. The third-order valence-electron chi connectivity index (χ3n) is 2.56. The van der Waals surface area contributed by atoms with Crippen LogP contribution in [0.15, 0.2) is 36.7 Å². The van der Waals surface area contributed by atoms with Gasteiger partial charge in [0.15, 0.2) is 5.13 Å². The predicted molar refractivity (Wildman–Crippen MR) is 70.2 cm³/mol. The highest BCUT2D eigenvalue weighted by Crippen LogP contribution is 2.27. The first-order valence-electron chi connectivity index (χ1n) is 5.44. The molecule has 1 atom stereocenters. The Labute approximate surface area is 103 Å². The van der Waals surface area contributed by atoms with Gasteiger partial charge in [0, 0.05) is 12.4 Å². The standard InChI is InChI=1S/C12H12N4S/c1-8(11-13-6-7-14-11)15-12-16-9-4-2-3-5-10(9)17-12/h2-8H,1H3,(H,13,14)(H,15,16). The summed E-state index contributed by atoms with van der Waals surface area (Å²) in [4.78, 5) is 11.8. The number of benzene rings is 1. The molecule has 0 spiro atoms. The number of aromatic amines is 1. The smallest absolute Gasteiger partial charge is 0.184 e. The highest BCUT2D eigenvalue weighted by molar-refractivity contribution is 7.22. The largest absolute Gasteiger partial charge is 0.352 e. The maximum Gasteiger partial charge on any atom is 0.184 e. The Kier molecular flexibility index (Phi) is 2.53. The Morgan fingerprint density at radius 2 is 2.24 bits per heavy atom. The van der Waals surface area contributed by atoms with Gasteiger partial charge in [-0.2, -0.15) is 0 Å². The third kappa shape index (κ3) is 2.01. The van der Waals surface area contributed by atoms with Crippen LogP contribution in [-0.2, 0) is 0 Å². The highest BCUT2D eigenvalue weighted by Gasteiger charge is 2.10. The number of thiazole rings is 1. The number of fused-ring (bicyclic) bond motifs is 1. The second-order valence-corrected chi connectivity index (χ2v) is 4.86. The van der Waals surface area contributed by atoms with E-state index < -0.39 is 0 Å². The van der Waals surface area contributed by atoms with Crippen molar-refractivity contribution in [3.8, 4) is 0 Å². The Morgan fingerprint density at radius 1 is 1.35 bits per heavy atom. The molecular weight excluding hydrogens is 232 g/mol. The number of hydrogen-bond donors (Lipinski definition) is 2. The van der Waals surface area contributed by atoms with Crippen molar-refractivity contribution >= 4 is 26.7 Å². The SMILES string of the molecule is CC(Nc1nc2ccccc2s1)c1ncc[nH]1. The van der Waals surface area contributed by atoms with E-state index in [0.29, 0.717) is 0 Å². The van der Waals surface area contributed by atoms with E-state index >= 15 is 0 Å². The molecule has 2 N–H and O–H groups in total. The van der Waals surface area contributed by atoms with Crippen LogP contribution in [0.4, 0.5) is 5.13 Å². The van der Waals surface area contributed by atoms with Crippen LogP contribution in [0.1, 0.15) is 18.8 Å². The summed E-state index contributed by atoms with van der Waals surface area (Å²) in [7, 11) is 0. The highest BCUT2D eigenvalue weighted by atomic mass is 32.1. The summed E-state index contributed by atoms with van der Waals surface area (Å²) in [5.41, 5.74) is 1.03. The van der Waals surface area contributed by atoms with Gasteiger partial charge in [-0.1, -0.05) is 23.5 Å². The minimum Gasteiger partial charge on any atom is -0.352 e. The maximum atomic E-state index is 4.53. The van der Waals surface area contributed by atoms with Gasteiger partial charge >= 0.3 is 0 Å². The normalized spacial score (nSPS) is 12.8. The lowest BCUT2D eigenvalue weighted by atomic mass is 10.3. The van der Waals surface area contributed by atoms with Gasteiger partial charge in [0.2, 0.25) is 0 Å². The molecule has 0 aliphatic carbocycles. The van der Waals surface area contributed by atoms with Crippen molar-refractivity contribution in [2.75, 3.05) is 5.32 Å². The maximum absolute atomic E-state index is 4.53. The van der Waals surface area contributed by atoms with Crippen LogP contribution in [0.25, 0.3) is 10.2 Å². The first-order chi connectivity index (χ1) is 8.33. The van der Waals surface area contributed by atoms with Gasteiger partial charge in [-0.15, -0.1) is 0 Å². The zero-order valence-corrected chi connectivity index (χ0v) is 10.2. The second-order valence-electron chi connectivity index (χ2n) is 3.83. The lowest BCUT2D eigenvalue weighted by molar-refractivity contribution is 0.809. The molecule has 0 saturated carbocycles. The minimum absolute atomic E-state index is 0.130. The number of aromatic nitrogens is 3. The molecule has 1 unspecified atom stereocenters. The summed E-state index contributed by atoms with van der Waals surface area (Å²) in [6.07, 6.45) is 3.58.